The summed E-state index contributed by atoms with van der Waals surface area (Å²) < 4.78 is 27.0. The quantitative estimate of drug-likeness (QED) is 0.831. The number of nitrogens with zero attached hydrogens (tertiary/aromatic N) is 1. The molecule has 1 amide bonds. The Kier molecular flexibility index (Phi) is 3.97. The second-order valence-corrected chi connectivity index (χ2v) is 7.18. The van der Waals surface area contributed by atoms with Crippen LogP contribution in [0.3, 0.4) is 0 Å². The molecule has 2 aliphatic rings. The fourth-order valence-corrected chi connectivity index (χ4v) is 3.69. The van der Waals surface area contributed by atoms with E-state index in [4.69, 9.17) is 0 Å². The first-order valence-electron chi connectivity index (χ1n) is 7.19. The zero-order valence-corrected chi connectivity index (χ0v) is 12.5. The minimum absolute atomic E-state index is 0.0579. The number of rotatable bonds is 4. The summed E-state index contributed by atoms with van der Waals surface area (Å²) in [5.74, 6) is -0.111. The molecule has 1 saturated carbocycles. The van der Waals surface area contributed by atoms with E-state index in [-0.39, 0.29) is 16.8 Å². The first-order valence-corrected chi connectivity index (χ1v) is 8.67. The summed E-state index contributed by atoms with van der Waals surface area (Å²) in [4.78, 5) is 14.3. The van der Waals surface area contributed by atoms with Crippen molar-refractivity contribution in [3.8, 4) is 0 Å². The minimum Gasteiger partial charge on any atom is -0.336 e. The molecule has 0 spiro atoms. The van der Waals surface area contributed by atoms with Crippen LogP contribution in [0.15, 0.2) is 29.2 Å². The largest absolute Gasteiger partial charge is 0.336 e. The van der Waals surface area contributed by atoms with Crippen LogP contribution in [0.4, 0.5) is 0 Å². The summed E-state index contributed by atoms with van der Waals surface area (Å²) in [6.07, 6.45) is 1.78. The van der Waals surface area contributed by atoms with Gasteiger partial charge in [0, 0.05) is 37.8 Å². The highest BCUT2D eigenvalue weighted by atomic mass is 32.2. The average Bonchev–Trinajstić information content (AvgIpc) is 3.31. The molecule has 1 aromatic carbocycles. The van der Waals surface area contributed by atoms with E-state index in [2.05, 4.69) is 10.0 Å². The topological polar surface area (TPSA) is 78.5 Å². The maximum atomic E-state index is 12.4. The lowest BCUT2D eigenvalue weighted by Crippen LogP contribution is -2.46. The van der Waals surface area contributed by atoms with E-state index in [0.717, 1.165) is 25.9 Å². The third-order valence-electron chi connectivity index (χ3n) is 3.69. The Labute approximate surface area is 124 Å². The Morgan fingerprint density at radius 3 is 2.62 bits per heavy atom. The lowest BCUT2D eigenvalue weighted by molar-refractivity contribution is 0.0735. The molecule has 0 radical (unpaired) electrons. The van der Waals surface area contributed by atoms with Crippen molar-refractivity contribution in [2.24, 2.45) is 0 Å². The molecule has 7 heteroatoms. The van der Waals surface area contributed by atoms with Crippen LogP contribution >= 0.6 is 0 Å². The zero-order chi connectivity index (χ0) is 14.9. The normalized spacial score (nSPS) is 19.5. The van der Waals surface area contributed by atoms with Gasteiger partial charge in [0.05, 0.1) is 4.90 Å². The predicted octanol–water partition coefficient (Wildman–Crippen LogP) is 0.173. The van der Waals surface area contributed by atoms with Gasteiger partial charge in [-0.25, -0.2) is 13.1 Å². The van der Waals surface area contributed by atoms with Crippen LogP contribution in [0, 0.1) is 0 Å². The monoisotopic (exact) mass is 309 g/mol. The standard InChI is InChI=1S/C14H19N3O3S/c18-14(17-8-6-15-7-9-17)11-2-1-3-13(10-11)21(19,20)16-12-4-5-12/h1-3,10,12,15-16H,4-9H2. The smallest absolute Gasteiger partial charge is 0.253 e. The van der Waals surface area contributed by atoms with E-state index >= 15 is 0 Å². The molecule has 1 saturated heterocycles. The van der Waals surface area contributed by atoms with Crippen LogP contribution in [-0.4, -0.2) is 51.4 Å². The van der Waals surface area contributed by atoms with Crippen LogP contribution < -0.4 is 10.0 Å². The SMILES string of the molecule is O=C(c1cccc(S(=O)(=O)NC2CC2)c1)N1CCNCC1. The molecule has 6 nitrogen and oxygen atoms in total. The molecule has 1 aliphatic heterocycles. The van der Waals surface area contributed by atoms with Gasteiger partial charge >= 0.3 is 0 Å². The predicted molar refractivity (Wildman–Crippen MR) is 78.6 cm³/mol. The lowest BCUT2D eigenvalue weighted by atomic mass is 10.2. The fraction of sp³-hybridized carbons (Fsp3) is 0.500. The van der Waals surface area contributed by atoms with Gasteiger partial charge in [0.15, 0.2) is 0 Å². The second kappa shape index (κ2) is 5.75. The Morgan fingerprint density at radius 2 is 1.95 bits per heavy atom. The van der Waals surface area contributed by atoms with Crippen molar-refractivity contribution in [2.75, 3.05) is 26.2 Å². The van der Waals surface area contributed by atoms with Gasteiger partial charge in [-0.05, 0) is 31.0 Å². The van der Waals surface area contributed by atoms with Gasteiger partial charge in [-0.2, -0.15) is 0 Å². The number of sulfonamides is 1. The molecule has 3 rings (SSSR count). The summed E-state index contributed by atoms with van der Waals surface area (Å²) in [5.41, 5.74) is 0.426. The average molecular weight is 309 g/mol. The van der Waals surface area contributed by atoms with Gasteiger partial charge in [0.2, 0.25) is 10.0 Å². The van der Waals surface area contributed by atoms with Crippen LogP contribution in [0.5, 0.6) is 0 Å². The second-order valence-electron chi connectivity index (χ2n) is 5.47. The zero-order valence-electron chi connectivity index (χ0n) is 11.7. The third-order valence-corrected chi connectivity index (χ3v) is 5.21. The number of nitrogens with one attached hydrogen (secondary N) is 2. The van der Waals surface area contributed by atoms with Crippen molar-refractivity contribution in [3.63, 3.8) is 0 Å². The van der Waals surface area contributed by atoms with E-state index < -0.39 is 10.0 Å². The molecule has 114 valence electrons. The molecule has 0 atom stereocenters. The Morgan fingerprint density at radius 1 is 1.24 bits per heavy atom. The first-order chi connectivity index (χ1) is 10.1. The highest BCUT2D eigenvalue weighted by molar-refractivity contribution is 7.89. The van der Waals surface area contributed by atoms with E-state index in [1.54, 1.807) is 17.0 Å². The van der Waals surface area contributed by atoms with Crippen molar-refractivity contribution in [2.45, 2.75) is 23.8 Å². The maximum Gasteiger partial charge on any atom is 0.253 e. The molecule has 1 heterocycles. The van der Waals surface area contributed by atoms with Crippen molar-refractivity contribution < 1.29 is 13.2 Å². The molecular weight excluding hydrogens is 290 g/mol. The third kappa shape index (κ3) is 3.42. The number of amides is 1. The molecule has 0 bridgehead atoms. The van der Waals surface area contributed by atoms with Gasteiger partial charge in [-0.3, -0.25) is 4.79 Å². The number of piperazine rings is 1. The highest BCUT2D eigenvalue weighted by Crippen LogP contribution is 2.22. The molecular formula is C14H19N3O3S. The number of carbonyl (C=O) groups excluding carboxylic acids is 1. The Bertz CT molecular complexity index is 635. The summed E-state index contributed by atoms with van der Waals surface area (Å²) in [7, 11) is -3.52. The molecule has 1 aromatic rings. The Balaban J connectivity index is 1.80. The summed E-state index contributed by atoms with van der Waals surface area (Å²) in [5, 5.41) is 3.19. The van der Waals surface area contributed by atoms with Crippen molar-refractivity contribution >= 4 is 15.9 Å². The van der Waals surface area contributed by atoms with Gasteiger partial charge in [-0.15, -0.1) is 0 Å². The van der Waals surface area contributed by atoms with Crippen molar-refractivity contribution in [3.05, 3.63) is 29.8 Å². The highest BCUT2D eigenvalue weighted by Gasteiger charge is 2.28. The van der Waals surface area contributed by atoms with Gasteiger partial charge < -0.3 is 10.2 Å². The maximum absolute atomic E-state index is 12.4. The van der Waals surface area contributed by atoms with Crippen LogP contribution in [0.1, 0.15) is 23.2 Å². The van der Waals surface area contributed by atoms with Gasteiger partial charge in [0.25, 0.3) is 5.91 Å². The molecule has 21 heavy (non-hydrogen) atoms. The van der Waals surface area contributed by atoms with Gasteiger partial charge in [-0.1, -0.05) is 6.07 Å². The van der Waals surface area contributed by atoms with Crippen LogP contribution in [0.2, 0.25) is 0 Å². The summed E-state index contributed by atoms with van der Waals surface area (Å²) >= 11 is 0. The number of carbonyl (C=O) groups is 1. The van der Waals surface area contributed by atoms with Crippen molar-refractivity contribution in [1.29, 1.82) is 0 Å². The lowest BCUT2D eigenvalue weighted by Gasteiger charge is -2.27. The molecule has 0 unspecified atom stereocenters. The summed E-state index contributed by atoms with van der Waals surface area (Å²) in [6, 6.07) is 6.34. The molecule has 2 fully saturated rings. The number of hydrogen-bond donors (Lipinski definition) is 2. The Hall–Kier alpha value is -1.44. The molecule has 0 aromatic heterocycles. The van der Waals surface area contributed by atoms with E-state index in [0.29, 0.717) is 18.7 Å². The minimum atomic E-state index is -3.52. The van der Waals surface area contributed by atoms with E-state index in [1.165, 1.54) is 12.1 Å². The van der Waals surface area contributed by atoms with E-state index in [9.17, 15) is 13.2 Å². The van der Waals surface area contributed by atoms with Crippen LogP contribution in [-0.2, 0) is 10.0 Å². The van der Waals surface area contributed by atoms with Crippen LogP contribution in [0.25, 0.3) is 0 Å². The molecule has 2 N–H and O–H groups in total. The summed E-state index contributed by atoms with van der Waals surface area (Å²) in [6.45, 7) is 2.84. The van der Waals surface area contributed by atoms with Crippen molar-refractivity contribution in [1.82, 2.24) is 14.9 Å². The number of benzene rings is 1. The van der Waals surface area contributed by atoms with E-state index in [1.807, 2.05) is 0 Å². The molecule has 1 aliphatic carbocycles. The van der Waals surface area contributed by atoms with Gasteiger partial charge in [0.1, 0.15) is 0 Å². The first kappa shape index (κ1) is 14.5. The number of hydrogen-bond acceptors (Lipinski definition) is 4. The fourth-order valence-electron chi connectivity index (χ4n) is 2.34.